The standard InChI is InChI=1S/C19H24ClN3O2/c1-13-16(17(21-25-13)19(2,3)4)18(24)23-10-8-22(9-11-23)15-7-5-6-14(20)12-15/h5-7,12H,8-11H2,1-4H3. The first-order chi connectivity index (χ1) is 11.8. The van der Waals surface area contributed by atoms with Gasteiger partial charge in [0.1, 0.15) is 17.0 Å². The Balaban J connectivity index is 1.73. The minimum Gasteiger partial charge on any atom is -0.368 e. The molecule has 0 radical (unpaired) electrons. The molecule has 1 aromatic carbocycles. The van der Waals surface area contributed by atoms with Gasteiger partial charge in [-0.15, -0.1) is 0 Å². The van der Waals surface area contributed by atoms with Crippen molar-refractivity contribution in [2.75, 3.05) is 31.1 Å². The van der Waals surface area contributed by atoms with E-state index in [9.17, 15) is 4.79 Å². The zero-order chi connectivity index (χ0) is 18.2. The van der Waals surface area contributed by atoms with E-state index < -0.39 is 0 Å². The van der Waals surface area contributed by atoms with E-state index in [-0.39, 0.29) is 11.3 Å². The maximum atomic E-state index is 13.0. The molecular weight excluding hydrogens is 338 g/mol. The van der Waals surface area contributed by atoms with Crippen LogP contribution in [0.2, 0.25) is 5.02 Å². The number of aryl methyl sites for hydroxylation is 1. The van der Waals surface area contributed by atoms with E-state index >= 15 is 0 Å². The van der Waals surface area contributed by atoms with Gasteiger partial charge >= 0.3 is 0 Å². The highest BCUT2D eigenvalue weighted by molar-refractivity contribution is 6.30. The lowest BCUT2D eigenvalue weighted by atomic mass is 9.88. The third kappa shape index (κ3) is 3.66. The molecule has 3 rings (SSSR count). The average molecular weight is 362 g/mol. The summed E-state index contributed by atoms with van der Waals surface area (Å²) in [5, 5.41) is 4.86. The second-order valence-corrected chi connectivity index (χ2v) is 7.91. The molecule has 134 valence electrons. The molecule has 5 nitrogen and oxygen atoms in total. The summed E-state index contributed by atoms with van der Waals surface area (Å²) in [7, 11) is 0. The Morgan fingerprint density at radius 2 is 1.88 bits per heavy atom. The predicted octanol–water partition coefficient (Wildman–Crippen LogP) is 3.90. The predicted molar refractivity (Wildman–Crippen MR) is 99.5 cm³/mol. The number of benzene rings is 1. The van der Waals surface area contributed by atoms with Crippen molar-refractivity contribution in [3.63, 3.8) is 0 Å². The molecule has 0 bridgehead atoms. The highest BCUT2D eigenvalue weighted by Crippen LogP contribution is 2.28. The van der Waals surface area contributed by atoms with Gasteiger partial charge in [-0.3, -0.25) is 4.79 Å². The number of hydrogen-bond acceptors (Lipinski definition) is 4. The summed E-state index contributed by atoms with van der Waals surface area (Å²) in [5.41, 5.74) is 2.21. The zero-order valence-corrected chi connectivity index (χ0v) is 15.9. The first-order valence-electron chi connectivity index (χ1n) is 8.54. The number of anilines is 1. The van der Waals surface area contributed by atoms with E-state index in [0.29, 0.717) is 24.4 Å². The Hall–Kier alpha value is -2.01. The molecule has 0 N–H and O–H groups in total. The van der Waals surface area contributed by atoms with Gasteiger partial charge in [0.2, 0.25) is 0 Å². The van der Waals surface area contributed by atoms with Crippen LogP contribution in [-0.4, -0.2) is 42.1 Å². The van der Waals surface area contributed by atoms with Gasteiger partial charge in [-0.2, -0.15) is 0 Å². The van der Waals surface area contributed by atoms with Crippen LogP contribution in [0.4, 0.5) is 5.69 Å². The molecule has 2 aromatic rings. The number of halogens is 1. The number of amides is 1. The second-order valence-electron chi connectivity index (χ2n) is 7.47. The monoisotopic (exact) mass is 361 g/mol. The fraction of sp³-hybridized carbons (Fsp3) is 0.474. The van der Waals surface area contributed by atoms with Crippen molar-refractivity contribution in [2.45, 2.75) is 33.1 Å². The van der Waals surface area contributed by atoms with Crippen molar-refractivity contribution in [3.05, 3.63) is 46.3 Å². The van der Waals surface area contributed by atoms with Crippen LogP contribution >= 0.6 is 11.6 Å². The highest BCUT2D eigenvalue weighted by atomic mass is 35.5. The van der Waals surface area contributed by atoms with E-state index in [1.807, 2.05) is 49.9 Å². The van der Waals surface area contributed by atoms with Crippen LogP contribution in [-0.2, 0) is 5.41 Å². The fourth-order valence-corrected chi connectivity index (χ4v) is 3.32. The summed E-state index contributed by atoms with van der Waals surface area (Å²) < 4.78 is 5.32. The van der Waals surface area contributed by atoms with Crippen LogP contribution in [0.3, 0.4) is 0 Å². The van der Waals surface area contributed by atoms with Gasteiger partial charge in [0.15, 0.2) is 0 Å². The minimum absolute atomic E-state index is 0.00872. The van der Waals surface area contributed by atoms with Crippen molar-refractivity contribution in [1.29, 1.82) is 0 Å². The lowest BCUT2D eigenvalue weighted by Crippen LogP contribution is -2.49. The Bertz CT molecular complexity index is 771. The Morgan fingerprint density at radius 1 is 1.20 bits per heavy atom. The molecule has 25 heavy (non-hydrogen) atoms. The van der Waals surface area contributed by atoms with Crippen molar-refractivity contribution in [1.82, 2.24) is 10.1 Å². The maximum absolute atomic E-state index is 13.0. The first kappa shape index (κ1) is 17.8. The quantitative estimate of drug-likeness (QED) is 0.814. The summed E-state index contributed by atoms with van der Waals surface area (Å²) in [6.45, 7) is 10.8. The summed E-state index contributed by atoms with van der Waals surface area (Å²) in [4.78, 5) is 17.2. The van der Waals surface area contributed by atoms with Crippen LogP contribution in [0.25, 0.3) is 0 Å². The van der Waals surface area contributed by atoms with Gasteiger partial charge in [-0.25, -0.2) is 0 Å². The van der Waals surface area contributed by atoms with Gasteiger partial charge in [0.25, 0.3) is 5.91 Å². The number of nitrogens with zero attached hydrogens (tertiary/aromatic N) is 3. The van der Waals surface area contributed by atoms with E-state index in [1.54, 1.807) is 6.92 Å². The summed E-state index contributed by atoms with van der Waals surface area (Å²) in [5.74, 6) is 0.599. The fourth-order valence-electron chi connectivity index (χ4n) is 3.13. The van der Waals surface area contributed by atoms with Crippen LogP contribution in [0, 0.1) is 6.92 Å². The molecule has 0 saturated carbocycles. The van der Waals surface area contributed by atoms with E-state index in [2.05, 4.69) is 10.1 Å². The third-order valence-corrected chi connectivity index (χ3v) is 4.76. The topological polar surface area (TPSA) is 49.6 Å². The van der Waals surface area contributed by atoms with Crippen molar-refractivity contribution < 1.29 is 9.32 Å². The summed E-state index contributed by atoms with van der Waals surface area (Å²) >= 11 is 6.08. The van der Waals surface area contributed by atoms with Gasteiger partial charge in [0.05, 0.1) is 0 Å². The number of carbonyl (C=O) groups is 1. The lowest BCUT2D eigenvalue weighted by molar-refractivity contribution is 0.0742. The van der Waals surface area contributed by atoms with Crippen molar-refractivity contribution in [3.8, 4) is 0 Å². The van der Waals surface area contributed by atoms with E-state index in [0.717, 1.165) is 29.5 Å². The minimum atomic E-state index is -0.231. The summed E-state index contributed by atoms with van der Waals surface area (Å²) in [6.07, 6.45) is 0. The maximum Gasteiger partial charge on any atom is 0.259 e. The summed E-state index contributed by atoms with van der Waals surface area (Å²) in [6, 6.07) is 7.82. The van der Waals surface area contributed by atoms with Crippen LogP contribution < -0.4 is 4.90 Å². The molecular formula is C19H24ClN3O2. The van der Waals surface area contributed by atoms with E-state index in [1.165, 1.54) is 0 Å². The first-order valence-corrected chi connectivity index (χ1v) is 8.91. The molecule has 1 fully saturated rings. The molecule has 0 aliphatic carbocycles. The normalized spacial score (nSPS) is 15.6. The molecule has 1 saturated heterocycles. The number of hydrogen-bond donors (Lipinski definition) is 0. The SMILES string of the molecule is Cc1onc(C(C)(C)C)c1C(=O)N1CCN(c2cccc(Cl)c2)CC1. The largest absolute Gasteiger partial charge is 0.368 e. The number of piperazine rings is 1. The molecule has 1 aromatic heterocycles. The second kappa shape index (κ2) is 6.71. The van der Waals surface area contributed by atoms with Crippen LogP contribution in [0.1, 0.15) is 42.6 Å². The third-order valence-electron chi connectivity index (χ3n) is 4.53. The number of carbonyl (C=O) groups excluding carboxylic acids is 1. The van der Waals surface area contributed by atoms with Gasteiger partial charge in [-0.05, 0) is 25.1 Å². The van der Waals surface area contributed by atoms with Crippen molar-refractivity contribution >= 4 is 23.2 Å². The zero-order valence-electron chi connectivity index (χ0n) is 15.2. The molecule has 2 heterocycles. The van der Waals surface area contributed by atoms with Gasteiger partial charge in [0, 0.05) is 42.3 Å². The van der Waals surface area contributed by atoms with Gasteiger partial charge in [-0.1, -0.05) is 43.6 Å². The molecule has 1 aliphatic heterocycles. The number of aromatic nitrogens is 1. The highest BCUT2D eigenvalue weighted by Gasteiger charge is 2.32. The lowest BCUT2D eigenvalue weighted by Gasteiger charge is -2.36. The molecule has 1 aliphatic rings. The molecule has 6 heteroatoms. The Morgan fingerprint density at radius 3 is 2.48 bits per heavy atom. The van der Waals surface area contributed by atoms with Crippen LogP contribution in [0.15, 0.2) is 28.8 Å². The molecule has 0 atom stereocenters. The van der Waals surface area contributed by atoms with Crippen molar-refractivity contribution in [2.24, 2.45) is 0 Å². The van der Waals surface area contributed by atoms with E-state index in [4.69, 9.17) is 16.1 Å². The number of rotatable bonds is 2. The smallest absolute Gasteiger partial charge is 0.259 e. The van der Waals surface area contributed by atoms with Crippen LogP contribution in [0.5, 0.6) is 0 Å². The van der Waals surface area contributed by atoms with Gasteiger partial charge < -0.3 is 14.3 Å². The molecule has 1 amide bonds. The molecule has 0 unspecified atom stereocenters. The Kier molecular flexibility index (Phi) is 4.78. The average Bonchev–Trinajstić information content (AvgIpc) is 2.96. The molecule has 0 spiro atoms. The Labute approximate surface area is 153 Å².